The summed E-state index contributed by atoms with van der Waals surface area (Å²) >= 11 is 5.74. The van der Waals surface area contributed by atoms with Gasteiger partial charge in [0.2, 0.25) is 10.0 Å². The Bertz CT molecular complexity index is 879. The normalized spacial score (nSPS) is 16.3. The van der Waals surface area contributed by atoms with E-state index in [2.05, 4.69) is 33.7 Å². The van der Waals surface area contributed by atoms with Crippen LogP contribution in [0.2, 0.25) is 5.15 Å². The van der Waals surface area contributed by atoms with Crippen LogP contribution in [-0.4, -0.2) is 53.9 Å². The fourth-order valence-electron chi connectivity index (χ4n) is 2.82. The maximum atomic E-state index is 12.7. The van der Waals surface area contributed by atoms with E-state index in [1.54, 1.807) is 0 Å². The first-order valence-electron chi connectivity index (χ1n) is 8.49. The fraction of sp³-hybridized carbons (Fsp3) is 0.471. The van der Waals surface area contributed by atoms with Crippen LogP contribution in [0.15, 0.2) is 29.3 Å². The number of nitrogens with zero attached hydrogens (tertiary/aromatic N) is 5. The highest BCUT2D eigenvalue weighted by molar-refractivity contribution is 7.89. The standard InChI is InChI=1S/C17H22ClN5O2S/c1-12(2)17-20-13(3)10-16(21-17)22-6-8-23(9-7-22)26(24,25)14-4-5-15(18)19-11-14/h4-5,10-12H,6-9H2,1-3H3. The molecular formula is C17H22ClN5O2S. The van der Waals surface area contributed by atoms with Crippen molar-refractivity contribution in [3.05, 3.63) is 41.1 Å². The van der Waals surface area contributed by atoms with Gasteiger partial charge in [-0.1, -0.05) is 25.4 Å². The van der Waals surface area contributed by atoms with E-state index in [1.807, 2.05) is 13.0 Å². The number of sulfonamides is 1. The largest absolute Gasteiger partial charge is 0.354 e. The monoisotopic (exact) mass is 395 g/mol. The zero-order valence-electron chi connectivity index (χ0n) is 15.1. The molecule has 9 heteroatoms. The summed E-state index contributed by atoms with van der Waals surface area (Å²) in [6, 6.07) is 4.92. The molecule has 1 saturated heterocycles. The summed E-state index contributed by atoms with van der Waals surface area (Å²) in [4.78, 5) is 15.2. The molecule has 2 aromatic heterocycles. The molecule has 7 nitrogen and oxygen atoms in total. The number of pyridine rings is 1. The van der Waals surface area contributed by atoms with Crippen molar-refractivity contribution >= 4 is 27.4 Å². The highest BCUT2D eigenvalue weighted by Gasteiger charge is 2.29. The van der Waals surface area contributed by atoms with E-state index >= 15 is 0 Å². The van der Waals surface area contributed by atoms with E-state index in [4.69, 9.17) is 11.6 Å². The van der Waals surface area contributed by atoms with Crippen LogP contribution in [0.25, 0.3) is 0 Å². The van der Waals surface area contributed by atoms with Gasteiger partial charge in [0.15, 0.2) is 0 Å². The second-order valence-electron chi connectivity index (χ2n) is 6.59. The number of rotatable bonds is 4. The lowest BCUT2D eigenvalue weighted by molar-refractivity contribution is 0.383. The smallest absolute Gasteiger partial charge is 0.244 e. The molecule has 0 bridgehead atoms. The van der Waals surface area contributed by atoms with Gasteiger partial charge in [-0.15, -0.1) is 0 Å². The maximum absolute atomic E-state index is 12.7. The molecule has 0 aromatic carbocycles. The molecule has 0 radical (unpaired) electrons. The van der Waals surface area contributed by atoms with Gasteiger partial charge in [0.1, 0.15) is 21.7 Å². The van der Waals surface area contributed by atoms with Crippen LogP contribution >= 0.6 is 11.6 Å². The lowest BCUT2D eigenvalue weighted by Gasteiger charge is -2.34. The van der Waals surface area contributed by atoms with Gasteiger partial charge in [-0.2, -0.15) is 4.31 Å². The minimum Gasteiger partial charge on any atom is -0.354 e. The van der Waals surface area contributed by atoms with Crippen molar-refractivity contribution in [3.63, 3.8) is 0 Å². The fourth-order valence-corrected chi connectivity index (χ4v) is 4.30. The quantitative estimate of drug-likeness (QED) is 0.740. The summed E-state index contributed by atoms with van der Waals surface area (Å²) in [5, 5.41) is 0.272. The summed E-state index contributed by atoms with van der Waals surface area (Å²) in [7, 11) is -3.56. The van der Waals surface area contributed by atoms with Gasteiger partial charge in [-0.3, -0.25) is 0 Å². The van der Waals surface area contributed by atoms with Crippen LogP contribution in [-0.2, 0) is 10.0 Å². The molecule has 1 aliphatic rings. The third kappa shape index (κ3) is 3.97. The first-order valence-corrected chi connectivity index (χ1v) is 10.3. The van der Waals surface area contributed by atoms with Crippen LogP contribution in [0.4, 0.5) is 5.82 Å². The van der Waals surface area contributed by atoms with Crippen molar-refractivity contribution in [3.8, 4) is 0 Å². The lowest BCUT2D eigenvalue weighted by Crippen LogP contribution is -2.49. The van der Waals surface area contributed by atoms with Crippen LogP contribution in [0, 0.1) is 6.92 Å². The van der Waals surface area contributed by atoms with E-state index < -0.39 is 10.0 Å². The molecule has 1 aliphatic heterocycles. The maximum Gasteiger partial charge on any atom is 0.244 e. The Hall–Kier alpha value is -1.77. The molecule has 3 rings (SSSR count). The summed E-state index contributed by atoms with van der Waals surface area (Å²) in [5.74, 6) is 1.90. The molecule has 1 fully saturated rings. The van der Waals surface area contributed by atoms with E-state index in [-0.39, 0.29) is 16.0 Å². The van der Waals surface area contributed by atoms with Crippen molar-refractivity contribution in [1.29, 1.82) is 0 Å². The molecule has 0 saturated carbocycles. The minimum atomic E-state index is -3.56. The van der Waals surface area contributed by atoms with Gasteiger partial charge < -0.3 is 4.90 Å². The van der Waals surface area contributed by atoms with Gasteiger partial charge in [0, 0.05) is 50.1 Å². The number of anilines is 1. The third-order valence-electron chi connectivity index (χ3n) is 4.28. The first-order chi connectivity index (χ1) is 12.3. The highest BCUT2D eigenvalue weighted by atomic mass is 35.5. The topological polar surface area (TPSA) is 79.3 Å². The molecule has 0 N–H and O–H groups in total. The number of aromatic nitrogens is 3. The van der Waals surface area contributed by atoms with Crippen LogP contribution in [0.5, 0.6) is 0 Å². The van der Waals surface area contributed by atoms with Crippen molar-refractivity contribution in [1.82, 2.24) is 19.3 Å². The predicted octanol–water partition coefficient (Wildman–Crippen LogP) is 2.47. The van der Waals surface area contributed by atoms with E-state index in [1.165, 1.54) is 22.6 Å². The summed E-state index contributed by atoms with van der Waals surface area (Å²) in [5.41, 5.74) is 0.918. The van der Waals surface area contributed by atoms with Gasteiger partial charge in [0.25, 0.3) is 0 Å². The van der Waals surface area contributed by atoms with Crippen molar-refractivity contribution in [2.24, 2.45) is 0 Å². The Morgan fingerprint density at radius 3 is 2.38 bits per heavy atom. The zero-order valence-corrected chi connectivity index (χ0v) is 16.6. The second-order valence-corrected chi connectivity index (χ2v) is 8.91. The zero-order chi connectivity index (χ0) is 18.9. The number of halogens is 1. The summed E-state index contributed by atoms with van der Waals surface area (Å²) < 4.78 is 27.0. The van der Waals surface area contributed by atoms with E-state index in [0.717, 1.165) is 17.3 Å². The Morgan fingerprint density at radius 1 is 1.12 bits per heavy atom. The van der Waals surface area contributed by atoms with Crippen molar-refractivity contribution in [2.75, 3.05) is 31.1 Å². The molecule has 3 heterocycles. The molecule has 0 aliphatic carbocycles. The molecule has 26 heavy (non-hydrogen) atoms. The molecule has 0 spiro atoms. The molecule has 2 aromatic rings. The van der Waals surface area contributed by atoms with Gasteiger partial charge in [-0.25, -0.2) is 23.4 Å². The average Bonchev–Trinajstić information content (AvgIpc) is 2.61. The second kappa shape index (κ2) is 7.46. The Kier molecular flexibility index (Phi) is 5.45. The van der Waals surface area contributed by atoms with Crippen molar-refractivity contribution < 1.29 is 8.42 Å². The minimum absolute atomic E-state index is 0.162. The lowest BCUT2D eigenvalue weighted by atomic mass is 10.2. The van der Waals surface area contributed by atoms with Gasteiger partial charge in [0.05, 0.1) is 0 Å². The third-order valence-corrected chi connectivity index (χ3v) is 6.38. The first kappa shape index (κ1) is 19.0. The summed E-state index contributed by atoms with van der Waals surface area (Å²) in [6.45, 7) is 8.01. The van der Waals surface area contributed by atoms with Crippen molar-refractivity contribution in [2.45, 2.75) is 31.6 Å². The van der Waals surface area contributed by atoms with Crippen LogP contribution in [0.1, 0.15) is 31.3 Å². The molecule has 0 unspecified atom stereocenters. The average molecular weight is 396 g/mol. The number of hydrogen-bond donors (Lipinski definition) is 0. The predicted molar refractivity (Wildman–Crippen MR) is 101 cm³/mol. The van der Waals surface area contributed by atoms with Crippen LogP contribution in [0.3, 0.4) is 0 Å². The summed E-state index contributed by atoms with van der Waals surface area (Å²) in [6.07, 6.45) is 1.30. The molecule has 140 valence electrons. The van der Waals surface area contributed by atoms with E-state index in [9.17, 15) is 8.42 Å². The SMILES string of the molecule is Cc1cc(N2CCN(S(=O)(=O)c3ccc(Cl)nc3)CC2)nc(C(C)C)n1. The number of piperazine rings is 1. The highest BCUT2D eigenvalue weighted by Crippen LogP contribution is 2.22. The van der Waals surface area contributed by atoms with Gasteiger partial charge >= 0.3 is 0 Å². The Balaban J connectivity index is 1.74. The molecule has 0 atom stereocenters. The molecular weight excluding hydrogens is 374 g/mol. The number of aryl methyl sites for hydroxylation is 1. The van der Waals surface area contributed by atoms with Crippen LogP contribution < -0.4 is 4.90 Å². The Labute approximate surface area is 159 Å². The van der Waals surface area contributed by atoms with Gasteiger partial charge in [-0.05, 0) is 19.1 Å². The Morgan fingerprint density at radius 2 is 1.81 bits per heavy atom. The molecule has 0 amide bonds. The number of hydrogen-bond acceptors (Lipinski definition) is 6. The van der Waals surface area contributed by atoms with E-state index in [0.29, 0.717) is 26.2 Å².